The normalized spacial score (nSPS) is 21.8. The second-order valence-electron chi connectivity index (χ2n) is 4.56. The number of aromatic nitrogens is 1. The third-order valence-corrected chi connectivity index (χ3v) is 4.01. The summed E-state index contributed by atoms with van der Waals surface area (Å²) in [5.41, 5.74) is 11.7. The molecule has 106 valence electrons. The zero-order valence-corrected chi connectivity index (χ0v) is 13.0. The highest BCUT2D eigenvalue weighted by Gasteiger charge is 2.25. The molecule has 1 aromatic rings. The third-order valence-electron chi connectivity index (χ3n) is 3.20. The molecule has 1 aliphatic rings. The van der Waals surface area contributed by atoms with Crippen LogP contribution in [0.15, 0.2) is 6.20 Å². The van der Waals surface area contributed by atoms with E-state index in [9.17, 15) is 0 Å². The molecule has 18 heavy (non-hydrogen) atoms. The zero-order valence-electron chi connectivity index (χ0n) is 10.5. The van der Waals surface area contributed by atoms with E-state index in [4.69, 9.17) is 11.5 Å². The Morgan fingerprint density at radius 3 is 2.78 bits per heavy atom. The lowest BCUT2D eigenvalue weighted by Gasteiger charge is -2.37. The van der Waals surface area contributed by atoms with Crippen LogP contribution in [0.3, 0.4) is 0 Å². The number of halogens is 2. The van der Waals surface area contributed by atoms with Crippen molar-refractivity contribution in [3.05, 3.63) is 11.1 Å². The van der Waals surface area contributed by atoms with Crippen LogP contribution in [0.5, 0.6) is 0 Å². The first kappa shape index (κ1) is 17.9. The van der Waals surface area contributed by atoms with E-state index in [1.54, 1.807) is 11.3 Å². The molecule has 0 radical (unpaired) electrons. The molecule has 2 atom stereocenters. The van der Waals surface area contributed by atoms with E-state index in [1.807, 2.05) is 6.20 Å². The highest BCUT2D eigenvalue weighted by Crippen LogP contribution is 2.24. The van der Waals surface area contributed by atoms with Gasteiger partial charge in [0.25, 0.3) is 0 Å². The fourth-order valence-corrected chi connectivity index (χ4v) is 3.11. The average Bonchev–Trinajstić information content (AvgIpc) is 2.64. The zero-order chi connectivity index (χ0) is 11.5. The second-order valence-corrected chi connectivity index (χ2v) is 5.70. The number of thiazole rings is 1. The van der Waals surface area contributed by atoms with Crippen molar-refractivity contribution in [3.63, 3.8) is 0 Å². The maximum Gasteiger partial charge on any atom is 0.180 e. The lowest BCUT2D eigenvalue weighted by molar-refractivity contribution is 0.124. The van der Waals surface area contributed by atoms with Crippen molar-refractivity contribution in [2.75, 3.05) is 12.3 Å². The van der Waals surface area contributed by atoms with Crippen molar-refractivity contribution in [2.24, 2.45) is 5.73 Å². The van der Waals surface area contributed by atoms with Crippen molar-refractivity contribution >= 4 is 41.3 Å². The summed E-state index contributed by atoms with van der Waals surface area (Å²) >= 11 is 1.58. The van der Waals surface area contributed by atoms with Gasteiger partial charge in [-0.2, -0.15) is 0 Å². The van der Waals surface area contributed by atoms with Gasteiger partial charge < -0.3 is 11.5 Å². The molecule has 7 heteroatoms. The summed E-state index contributed by atoms with van der Waals surface area (Å²) in [6, 6.07) is 0.752. The highest BCUT2D eigenvalue weighted by atomic mass is 35.5. The number of anilines is 1. The first-order chi connectivity index (χ1) is 7.66. The first-order valence-electron chi connectivity index (χ1n) is 5.86. The highest BCUT2D eigenvalue weighted by molar-refractivity contribution is 7.15. The molecule has 4 nitrogen and oxygen atoms in total. The van der Waals surface area contributed by atoms with Gasteiger partial charge in [0.15, 0.2) is 5.13 Å². The fourth-order valence-electron chi connectivity index (χ4n) is 2.40. The number of hydrogen-bond acceptors (Lipinski definition) is 5. The van der Waals surface area contributed by atoms with Gasteiger partial charge in [-0.05, 0) is 26.3 Å². The molecule has 2 heterocycles. The van der Waals surface area contributed by atoms with Gasteiger partial charge in [-0.3, -0.25) is 4.90 Å². The predicted octanol–water partition coefficient (Wildman–Crippen LogP) is 2.27. The van der Waals surface area contributed by atoms with Gasteiger partial charge in [0, 0.05) is 29.7 Å². The van der Waals surface area contributed by atoms with Gasteiger partial charge in [-0.25, -0.2) is 4.98 Å². The fraction of sp³-hybridized carbons (Fsp3) is 0.727. The minimum atomic E-state index is 0. The minimum absolute atomic E-state index is 0. The molecule has 1 aromatic heterocycles. The number of nitrogen functional groups attached to an aromatic ring is 1. The lowest BCUT2D eigenvalue weighted by atomic mass is 9.97. The Kier molecular flexibility index (Phi) is 8.14. The largest absolute Gasteiger partial charge is 0.375 e. The van der Waals surface area contributed by atoms with Crippen LogP contribution in [-0.2, 0) is 6.54 Å². The van der Waals surface area contributed by atoms with E-state index < -0.39 is 0 Å². The Labute approximate surface area is 125 Å². The van der Waals surface area contributed by atoms with E-state index >= 15 is 0 Å². The molecular weight excluding hydrogens is 291 g/mol. The number of nitrogens with two attached hydrogens (primary N) is 2. The van der Waals surface area contributed by atoms with Crippen molar-refractivity contribution in [1.82, 2.24) is 9.88 Å². The Bertz CT molecular complexity index is 346. The van der Waals surface area contributed by atoms with Gasteiger partial charge in [0.05, 0.1) is 0 Å². The van der Waals surface area contributed by atoms with E-state index in [-0.39, 0.29) is 30.9 Å². The lowest BCUT2D eigenvalue weighted by Crippen LogP contribution is -2.48. The maximum atomic E-state index is 6.04. The molecule has 1 fully saturated rings. The summed E-state index contributed by atoms with van der Waals surface area (Å²) in [5.74, 6) is 0. The monoisotopic (exact) mass is 312 g/mol. The second kappa shape index (κ2) is 8.17. The summed E-state index contributed by atoms with van der Waals surface area (Å²) in [7, 11) is 0. The van der Waals surface area contributed by atoms with Crippen LogP contribution >= 0.6 is 36.2 Å². The van der Waals surface area contributed by atoms with Crippen molar-refractivity contribution in [1.29, 1.82) is 0 Å². The van der Waals surface area contributed by atoms with Crippen LogP contribution in [0.25, 0.3) is 0 Å². The topological polar surface area (TPSA) is 68.2 Å². The molecule has 4 N–H and O–H groups in total. The van der Waals surface area contributed by atoms with E-state index in [0.717, 1.165) is 13.1 Å². The number of piperidine rings is 1. The quantitative estimate of drug-likeness (QED) is 0.898. The van der Waals surface area contributed by atoms with Gasteiger partial charge in [-0.1, -0.05) is 6.42 Å². The van der Waals surface area contributed by atoms with Crippen LogP contribution < -0.4 is 11.5 Å². The Morgan fingerprint density at radius 2 is 2.22 bits per heavy atom. The van der Waals surface area contributed by atoms with Crippen molar-refractivity contribution in [3.8, 4) is 0 Å². The molecule has 2 rings (SSSR count). The molecule has 0 spiro atoms. The summed E-state index contributed by atoms with van der Waals surface area (Å²) in [4.78, 5) is 7.80. The number of hydrogen-bond donors (Lipinski definition) is 2. The third kappa shape index (κ3) is 4.55. The van der Waals surface area contributed by atoms with E-state index in [2.05, 4.69) is 16.8 Å². The van der Waals surface area contributed by atoms with Crippen LogP contribution in [0.4, 0.5) is 5.13 Å². The molecule has 2 unspecified atom stereocenters. The summed E-state index contributed by atoms with van der Waals surface area (Å²) in [6.45, 7) is 4.19. The summed E-state index contributed by atoms with van der Waals surface area (Å²) < 4.78 is 0. The Balaban J connectivity index is 0.00000144. The molecule has 0 aliphatic carbocycles. The SMILES string of the molecule is CC(N)C1CCCCN1Cc1cnc(N)s1.Cl.Cl. The molecule has 1 saturated heterocycles. The van der Waals surface area contributed by atoms with Gasteiger partial charge >= 0.3 is 0 Å². The van der Waals surface area contributed by atoms with Crippen LogP contribution in [0, 0.1) is 0 Å². The predicted molar refractivity (Wildman–Crippen MR) is 82.7 cm³/mol. The molecule has 0 saturated carbocycles. The summed E-state index contributed by atoms with van der Waals surface area (Å²) in [6.07, 6.45) is 5.67. The van der Waals surface area contributed by atoms with Crippen molar-refractivity contribution < 1.29 is 0 Å². The standard InChI is InChI=1S/C11H20N4S.2ClH/c1-8(12)10-4-2-3-5-15(10)7-9-6-14-11(13)16-9;;/h6,8,10H,2-5,7,12H2,1H3,(H2,13,14);2*1H. The molecule has 0 bridgehead atoms. The molecule has 0 aromatic carbocycles. The molecular formula is C11H22Cl2N4S. The van der Waals surface area contributed by atoms with E-state index in [1.165, 1.54) is 24.1 Å². The van der Waals surface area contributed by atoms with Gasteiger partial charge in [-0.15, -0.1) is 36.2 Å². The molecule has 0 amide bonds. The maximum absolute atomic E-state index is 6.04. The van der Waals surface area contributed by atoms with Crippen LogP contribution in [-0.4, -0.2) is 28.5 Å². The summed E-state index contributed by atoms with van der Waals surface area (Å²) in [5, 5.41) is 0.657. The smallest absolute Gasteiger partial charge is 0.180 e. The average molecular weight is 313 g/mol. The van der Waals surface area contributed by atoms with Gasteiger partial charge in [0.1, 0.15) is 0 Å². The molecule has 1 aliphatic heterocycles. The number of rotatable bonds is 3. The van der Waals surface area contributed by atoms with Crippen LogP contribution in [0.2, 0.25) is 0 Å². The first-order valence-corrected chi connectivity index (χ1v) is 6.68. The van der Waals surface area contributed by atoms with E-state index in [0.29, 0.717) is 11.2 Å². The minimum Gasteiger partial charge on any atom is -0.375 e. The van der Waals surface area contributed by atoms with Gasteiger partial charge in [0.2, 0.25) is 0 Å². The number of nitrogens with zero attached hydrogens (tertiary/aromatic N) is 2. The number of likely N-dealkylation sites (tertiary alicyclic amines) is 1. The Hall–Kier alpha value is -0.0700. The van der Waals surface area contributed by atoms with Crippen LogP contribution in [0.1, 0.15) is 31.1 Å². The van der Waals surface area contributed by atoms with Crippen molar-refractivity contribution in [2.45, 2.75) is 44.8 Å². The Morgan fingerprint density at radius 1 is 1.50 bits per heavy atom.